The van der Waals surface area contributed by atoms with Gasteiger partial charge in [-0.1, -0.05) is 20.3 Å². The fraction of sp³-hybridized carbons (Fsp3) is 0.750. The molecule has 0 aliphatic carbocycles. The molecule has 2 fully saturated rings. The van der Waals surface area contributed by atoms with Crippen LogP contribution in [0.5, 0.6) is 0 Å². The van der Waals surface area contributed by atoms with Gasteiger partial charge >= 0.3 is 0 Å². The lowest BCUT2D eigenvalue weighted by atomic mass is 10.1. The number of thiophene rings is 1. The largest absolute Gasteiger partial charge is 0.368 e. The molecule has 2 saturated heterocycles. The van der Waals surface area contributed by atoms with Crippen molar-refractivity contribution in [1.29, 1.82) is 0 Å². The summed E-state index contributed by atoms with van der Waals surface area (Å²) in [7, 11) is 0. The summed E-state index contributed by atoms with van der Waals surface area (Å²) in [6.45, 7) is 6.80. The zero-order valence-corrected chi connectivity index (χ0v) is 13.7. The molecule has 3 heterocycles. The van der Waals surface area contributed by atoms with Crippen molar-refractivity contribution in [1.82, 2.24) is 0 Å². The van der Waals surface area contributed by atoms with Gasteiger partial charge in [0.2, 0.25) is 0 Å². The third-order valence-electron chi connectivity index (χ3n) is 4.26. The Labute approximate surface area is 130 Å². The van der Waals surface area contributed by atoms with E-state index in [1.54, 1.807) is 11.3 Å². The first-order valence-electron chi connectivity index (χ1n) is 7.79. The lowest BCUT2D eigenvalue weighted by Gasteiger charge is -2.27. The van der Waals surface area contributed by atoms with E-state index in [0.717, 1.165) is 19.3 Å². The van der Waals surface area contributed by atoms with Gasteiger partial charge in [-0.3, -0.25) is 0 Å². The summed E-state index contributed by atoms with van der Waals surface area (Å²) in [5, 5.41) is 4.18. The molecule has 0 saturated carbocycles. The first-order valence-corrected chi connectivity index (χ1v) is 8.73. The van der Waals surface area contributed by atoms with Gasteiger partial charge in [-0.15, -0.1) is 0 Å². The molecule has 0 N–H and O–H groups in total. The highest BCUT2D eigenvalue weighted by atomic mass is 32.1. The van der Waals surface area contributed by atoms with Crippen molar-refractivity contribution in [2.24, 2.45) is 0 Å². The first-order chi connectivity index (χ1) is 10.1. The number of hydrogen-bond donors (Lipinski definition) is 0. The van der Waals surface area contributed by atoms with Crippen LogP contribution in [0.25, 0.3) is 0 Å². The van der Waals surface area contributed by atoms with Gasteiger partial charge in [0.05, 0.1) is 12.7 Å². The van der Waals surface area contributed by atoms with E-state index in [2.05, 4.69) is 30.7 Å². The van der Waals surface area contributed by atoms with Crippen LogP contribution in [0.1, 0.15) is 45.6 Å². The molecule has 1 aromatic heterocycles. The Kier molecular flexibility index (Phi) is 4.66. The van der Waals surface area contributed by atoms with E-state index in [4.69, 9.17) is 18.9 Å². The first kappa shape index (κ1) is 15.4. The predicted octanol–water partition coefficient (Wildman–Crippen LogP) is 3.70. The summed E-state index contributed by atoms with van der Waals surface area (Å²) < 4.78 is 24.2. The molecule has 1 unspecified atom stereocenters. The smallest absolute Gasteiger partial charge is 0.190 e. The van der Waals surface area contributed by atoms with Crippen molar-refractivity contribution < 1.29 is 18.9 Å². The van der Waals surface area contributed by atoms with Crippen LogP contribution in [-0.2, 0) is 25.6 Å². The highest BCUT2D eigenvalue weighted by Crippen LogP contribution is 2.41. The van der Waals surface area contributed by atoms with Gasteiger partial charge in [0.25, 0.3) is 0 Å². The Morgan fingerprint density at radius 3 is 2.86 bits per heavy atom. The van der Waals surface area contributed by atoms with Gasteiger partial charge in [-0.25, -0.2) is 0 Å². The molecule has 0 radical (unpaired) electrons. The number of hydrogen-bond acceptors (Lipinski definition) is 5. The van der Waals surface area contributed by atoms with Crippen molar-refractivity contribution >= 4 is 11.3 Å². The van der Waals surface area contributed by atoms with E-state index >= 15 is 0 Å². The predicted molar refractivity (Wildman–Crippen MR) is 81.1 cm³/mol. The molecule has 5 atom stereocenters. The molecule has 3 rings (SSSR count). The van der Waals surface area contributed by atoms with Crippen LogP contribution in [-0.4, -0.2) is 30.4 Å². The van der Waals surface area contributed by atoms with E-state index in [1.807, 2.05) is 6.92 Å². The molecule has 1 aromatic rings. The maximum Gasteiger partial charge on any atom is 0.190 e. The van der Waals surface area contributed by atoms with Crippen molar-refractivity contribution in [2.75, 3.05) is 0 Å². The van der Waals surface area contributed by atoms with Crippen molar-refractivity contribution in [3.05, 3.63) is 22.4 Å². The van der Waals surface area contributed by atoms with Gasteiger partial charge in [0.15, 0.2) is 12.1 Å². The van der Waals surface area contributed by atoms with Crippen LogP contribution in [0.4, 0.5) is 0 Å². The number of fused-ring (bicyclic) bond motifs is 1. The van der Waals surface area contributed by atoms with E-state index < -0.39 is 5.79 Å². The quantitative estimate of drug-likeness (QED) is 0.802. The van der Waals surface area contributed by atoms with Crippen molar-refractivity contribution in [3.63, 3.8) is 0 Å². The molecular formula is C16H24O4S. The molecule has 0 spiro atoms. The summed E-state index contributed by atoms with van der Waals surface area (Å²) in [5.41, 5.74) is 1.20. The molecular weight excluding hydrogens is 288 g/mol. The molecule has 2 aliphatic rings. The number of ether oxygens (including phenoxy) is 4. The maximum absolute atomic E-state index is 6.14. The van der Waals surface area contributed by atoms with E-state index in [9.17, 15) is 0 Å². The highest BCUT2D eigenvalue weighted by molar-refractivity contribution is 7.07. The summed E-state index contributed by atoms with van der Waals surface area (Å²) >= 11 is 1.69. The summed E-state index contributed by atoms with van der Waals surface area (Å²) in [4.78, 5) is 0. The Morgan fingerprint density at radius 1 is 1.33 bits per heavy atom. The van der Waals surface area contributed by atoms with Gasteiger partial charge in [-0.05, 0) is 42.2 Å². The third-order valence-corrected chi connectivity index (χ3v) is 4.99. The lowest BCUT2D eigenvalue weighted by Crippen LogP contribution is -2.37. The molecule has 2 aliphatic heterocycles. The second kappa shape index (κ2) is 6.34. The standard InChI is InChI=1S/C16H24O4S/c1-4-6-12-13(17-9-11-7-8-21-10-11)14-15(18-12)20-16(3,5-2)19-14/h7-8,10,12-15H,4-6,9H2,1-3H3/t12-,13+,14-,15-,16?/m1/s1. The van der Waals surface area contributed by atoms with Crippen LogP contribution >= 0.6 is 11.3 Å². The average molecular weight is 312 g/mol. The molecule has 0 bridgehead atoms. The Balaban J connectivity index is 1.67. The van der Waals surface area contributed by atoms with Crippen LogP contribution in [0.3, 0.4) is 0 Å². The fourth-order valence-electron chi connectivity index (χ4n) is 2.93. The topological polar surface area (TPSA) is 36.9 Å². The molecule has 21 heavy (non-hydrogen) atoms. The second-order valence-corrected chi connectivity index (χ2v) is 6.71. The summed E-state index contributed by atoms with van der Waals surface area (Å²) in [6.07, 6.45) is 2.43. The van der Waals surface area contributed by atoms with Crippen LogP contribution in [0.15, 0.2) is 16.8 Å². The Bertz CT molecular complexity index is 449. The molecule has 0 amide bonds. The van der Waals surface area contributed by atoms with E-state index in [-0.39, 0.29) is 24.6 Å². The van der Waals surface area contributed by atoms with Gasteiger partial charge in [-0.2, -0.15) is 11.3 Å². The second-order valence-electron chi connectivity index (χ2n) is 5.93. The molecule has 4 nitrogen and oxygen atoms in total. The van der Waals surface area contributed by atoms with E-state index in [0.29, 0.717) is 6.61 Å². The van der Waals surface area contributed by atoms with Crippen LogP contribution < -0.4 is 0 Å². The van der Waals surface area contributed by atoms with E-state index in [1.165, 1.54) is 5.56 Å². The Morgan fingerprint density at radius 2 is 2.19 bits per heavy atom. The maximum atomic E-state index is 6.14. The monoisotopic (exact) mass is 312 g/mol. The molecule has 0 aromatic carbocycles. The zero-order valence-electron chi connectivity index (χ0n) is 12.9. The SMILES string of the molecule is CCC[C@H]1O[C@@H]2OC(C)(CC)O[C@@H]2[C@H]1OCc1ccsc1. The molecule has 118 valence electrons. The third kappa shape index (κ3) is 3.17. The highest BCUT2D eigenvalue weighted by Gasteiger charge is 2.55. The van der Waals surface area contributed by atoms with Crippen LogP contribution in [0.2, 0.25) is 0 Å². The van der Waals surface area contributed by atoms with Gasteiger partial charge in [0, 0.05) is 0 Å². The zero-order chi connectivity index (χ0) is 14.9. The minimum Gasteiger partial charge on any atom is -0.368 e. The van der Waals surface area contributed by atoms with Gasteiger partial charge in [0.1, 0.15) is 12.2 Å². The van der Waals surface area contributed by atoms with Gasteiger partial charge < -0.3 is 18.9 Å². The average Bonchev–Trinajstić information content (AvgIpc) is 3.14. The lowest BCUT2D eigenvalue weighted by molar-refractivity contribution is -0.229. The van der Waals surface area contributed by atoms with Crippen LogP contribution in [0, 0.1) is 0 Å². The number of rotatable bonds is 6. The fourth-order valence-corrected chi connectivity index (χ4v) is 3.58. The van der Waals surface area contributed by atoms with Crippen molar-refractivity contribution in [3.8, 4) is 0 Å². The summed E-state index contributed by atoms with van der Waals surface area (Å²) in [6, 6.07) is 2.09. The minimum atomic E-state index is -0.545. The van der Waals surface area contributed by atoms with Crippen molar-refractivity contribution in [2.45, 2.75) is 77.0 Å². The molecule has 5 heteroatoms. The summed E-state index contributed by atoms with van der Waals surface area (Å²) in [5.74, 6) is -0.545. The normalized spacial score (nSPS) is 38.8. The minimum absolute atomic E-state index is 0.0526. The Hall–Kier alpha value is -0.460.